The Labute approximate surface area is 180 Å². The van der Waals surface area contributed by atoms with Gasteiger partial charge in [-0.15, -0.1) is 0 Å². The Bertz CT molecular complexity index is 809. The number of likely N-dealkylation sites (tertiary alicyclic amines) is 1. The van der Waals surface area contributed by atoms with Gasteiger partial charge in [0.2, 0.25) is 0 Å². The summed E-state index contributed by atoms with van der Waals surface area (Å²) >= 11 is 0. The maximum Gasteiger partial charge on any atom is 0.260 e. The number of rotatable bonds is 8. The number of hydrogen-bond acceptors (Lipinski definition) is 4. The minimum absolute atomic E-state index is 0.0929. The van der Waals surface area contributed by atoms with Crippen molar-refractivity contribution in [1.29, 1.82) is 0 Å². The van der Waals surface area contributed by atoms with Gasteiger partial charge in [-0.3, -0.25) is 9.69 Å². The quantitative estimate of drug-likeness (QED) is 0.700. The SMILES string of the molecule is COc1ccc(C(CNC(=O)C(C)Oc2cc(C)cc(C)c2)N2CCCCC2)cc1. The number of nitrogens with one attached hydrogen (secondary N) is 1. The van der Waals surface area contributed by atoms with Crippen LogP contribution in [0.15, 0.2) is 42.5 Å². The molecule has 3 rings (SSSR count). The van der Waals surface area contributed by atoms with Gasteiger partial charge in [-0.2, -0.15) is 0 Å². The molecular weight excluding hydrogens is 376 g/mol. The van der Waals surface area contributed by atoms with Crippen LogP contribution >= 0.6 is 0 Å². The fraction of sp³-hybridized carbons (Fsp3) is 0.480. The van der Waals surface area contributed by atoms with Crippen molar-refractivity contribution in [3.05, 3.63) is 59.2 Å². The summed E-state index contributed by atoms with van der Waals surface area (Å²) in [6, 6.07) is 14.3. The number of ether oxygens (including phenoxy) is 2. The average Bonchev–Trinajstić information content (AvgIpc) is 2.74. The van der Waals surface area contributed by atoms with Crippen LogP contribution in [0.25, 0.3) is 0 Å². The minimum Gasteiger partial charge on any atom is -0.497 e. The van der Waals surface area contributed by atoms with Crippen LogP contribution in [0.3, 0.4) is 0 Å². The van der Waals surface area contributed by atoms with Gasteiger partial charge in [0.25, 0.3) is 5.91 Å². The highest BCUT2D eigenvalue weighted by atomic mass is 16.5. The van der Waals surface area contributed by atoms with E-state index in [2.05, 4.69) is 28.4 Å². The zero-order valence-electron chi connectivity index (χ0n) is 18.6. The van der Waals surface area contributed by atoms with E-state index < -0.39 is 6.10 Å². The molecule has 1 amide bonds. The number of aryl methyl sites for hydroxylation is 2. The van der Waals surface area contributed by atoms with Gasteiger partial charge in [-0.25, -0.2) is 0 Å². The molecule has 5 nitrogen and oxygen atoms in total. The molecule has 1 fully saturated rings. The van der Waals surface area contributed by atoms with E-state index in [0.29, 0.717) is 6.54 Å². The van der Waals surface area contributed by atoms with Crippen LogP contribution in [-0.2, 0) is 4.79 Å². The second-order valence-electron chi connectivity index (χ2n) is 8.21. The molecule has 5 heteroatoms. The highest BCUT2D eigenvalue weighted by Gasteiger charge is 2.24. The summed E-state index contributed by atoms with van der Waals surface area (Å²) in [4.78, 5) is 15.2. The topological polar surface area (TPSA) is 50.8 Å². The molecule has 0 aromatic heterocycles. The summed E-state index contributed by atoms with van der Waals surface area (Å²) in [6.07, 6.45) is 3.13. The molecule has 2 aromatic carbocycles. The highest BCUT2D eigenvalue weighted by Crippen LogP contribution is 2.26. The molecule has 1 heterocycles. The first-order valence-corrected chi connectivity index (χ1v) is 10.9. The van der Waals surface area contributed by atoms with Crippen molar-refractivity contribution in [2.45, 2.75) is 52.2 Å². The van der Waals surface area contributed by atoms with Gasteiger partial charge < -0.3 is 14.8 Å². The molecule has 0 radical (unpaired) electrons. The van der Waals surface area contributed by atoms with Gasteiger partial charge in [0.05, 0.1) is 13.2 Å². The van der Waals surface area contributed by atoms with Gasteiger partial charge in [0.1, 0.15) is 11.5 Å². The van der Waals surface area contributed by atoms with Crippen LogP contribution in [0.1, 0.15) is 48.9 Å². The number of benzene rings is 2. The molecule has 1 saturated heterocycles. The van der Waals surface area contributed by atoms with Gasteiger partial charge >= 0.3 is 0 Å². The Hall–Kier alpha value is -2.53. The monoisotopic (exact) mass is 410 g/mol. The van der Waals surface area contributed by atoms with Crippen LogP contribution in [0.4, 0.5) is 0 Å². The molecule has 30 heavy (non-hydrogen) atoms. The maximum absolute atomic E-state index is 12.8. The van der Waals surface area contributed by atoms with Crippen LogP contribution in [-0.4, -0.2) is 43.7 Å². The maximum atomic E-state index is 12.8. The summed E-state index contributed by atoms with van der Waals surface area (Å²) in [5, 5.41) is 3.12. The largest absolute Gasteiger partial charge is 0.497 e. The molecule has 2 atom stereocenters. The summed E-state index contributed by atoms with van der Waals surface area (Å²) in [6.45, 7) is 8.54. The van der Waals surface area contributed by atoms with E-state index in [1.54, 1.807) is 14.0 Å². The van der Waals surface area contributed by atoms with E-state index in [9.17, 15) is 4.79 Å². The van der Waals surface area contributed by atoms with Gasteiger partial charge in [-0.1, -0.05) is 24.6 Å². The van der Waals surface area contributed by atoms with Crippen molar-refractivity contribution in [2.75, 3.05) is 26.7 Å². The number of piperidine rings is 1. The fourth-order valence-electron chi connectivity index (χ4n) is 4.11. The zero-order chi connectivity index (χ0) is 21.5. The predicted octanol–water partition coefficient (Wildman–Crippen LogP) is 4.42. The summed E-state index contributed by atoms with van der Waals surface area (Å²) in [7, 11) is 1.68. The lowest BCUT2D eigenvalue weighted by molar-refractivity contribution is -0.127. The van der Waals surface area contributed by atoms with Crippen molar-refractivity contribution in [1.82, 2.24) is 10.2 Å². The second kappa shape index (κ2) is 10.5. The van der Waals surface area contributed by atoms with Crippen LogP contribution in [0.5, 0.6) is 11.5 Å². The van der Waals surface area contributed by atoms with Crippen LogP contribution in [0.2, 0.25) is 0 Å². The van der Waals surface area contributed by atoms with Crippen molar-refractivity contribution >= 4 is 5.91 Å². The fourth-order valence-corrected chi connectivity index (χ4v) is 4.11. The molecule has 0 aliphatic carbocycles. The smallest absolute Gasteiger partial charge is 0.260 e. The lowest BCUT2D eigenvalue weighted by atomic mass is 10.0. The molecule has 2 unspecified atom stereocenters. The first kappa shape index (κ1) is 22.2. The van der Waals surface area contributed by atoms with Crippen LogP contribution < -0.4 is 14.8 Å². The first-order chi connectivity index (χ1) is 14.5. The molecular formula is C25H34N2O3. The normalized spacial score (nSPS) is 16.5. The Balaban J connectivity index is 1.65. The molecule has 162 valence electrons. The highest BCUT2D eigenvalue weighted by molar-refractivity contribution is 5.80. The molecule has 1 aliphatic heterocycles. The van der Waals surface area contributed by atoms with Gasteiger partial charge in [-0.05, 0) is 87.7 Å². The van der Waals surface area contributed by atoms with E-state index in [0.717, 1.165) is 35.7 Å². The minimum atomic E-state index is -0.552. The molecule has 2 aromatic rings. The zero-order valence-corrected chi connectivity index (χ0v) is 18.6. The molecule has 1 aliphatic rings. The number of carbonyl (C=O) groups excluding carboxylic acids is 1. The number of nitrogens with zero attached hydrogens (tertiary/aromatic N) is 1. The molecule has 0 saturated carbocycles. The summed E-state index contributed by atoms with van der Waals surface area (Å²) in [5.74, 6) is 1.48. The van der Waals surface area contributed by atoms with E-state index in [1.165, 1.54) is 24.8 Å². The van der Waals surface area contributed by atoms with E-state index >= 15 is 0 Å². The van der Waals surface area contributed by atoms with E-state index in [-0.39, 0.29) is 11.9 Å². The molecule has 1 N–H and O–H groups in total. The number of methoxy groups -OCH3 is 1. The lowest BCUT2D eigenvalue weighted by Gasteiger charge is -2.35. The van der Waals surface area contributed by atoms with Gasteiger partial charge in [0.15, 0.2) is 6.10 Å². The summed E-state index contributed by atoms with van der Waals surface area (Å²) in [5.41, 5.74) is 3.45. The standard InChI is InChI=1S/C25H34N2O3/c1-18-14-19(2)16-23(15-18)30-20(3)25(28)26-17-24(27-12-6-5-7-13-27)21-8-10-22(29-4)11-9-21/h8-11,14-16,20,24H,5-7,12-13,17H2,1-4H3,(H,26,28). The number of hydrogen-bond donors (Lipinski definition) is 1. The average molecular weight is 411 g/mol. The van der Waals surface area contributed by atoms with E-state index in [1.807, 2.05) is 38.1 Å². The second-order valence-corrected chi connectivity index (χ2v) is 8.21. The summed E-state index contributed by atoms with van der Waals surface area (Å²) < 4.78 is 11.2. The Morgan fingerprint density at radius 1 is 1.00 bits per heavy atom. The van der Waals surface area contributed by atoms with Gasteiger partial charge in [0, 0.05) is 6.54 Å². The van der Waals surface area contributed by atoms with Crippen molar-refractivity contribution in [3.63, 3.8) is 0 Å². The van der Waals surface area contributed by atoms with Crippen molar-refractivity contribution < 1.29 is 14.3 Å². The Kier molecular flexibility index (Phi) is 7.75. The molecule has 0 spiro atoms. The number of carbonyl (C=O) groups is 1. The third kappa shape index (κ3) is 5.99. The van der Waals surface area contributed by atoms with Crippen molar-refractivity contribution in [3.8, 4) is 11.5 Å². The number of amides is 1. The van der Waals surface area contributed by atoms with E-state index in [4.69, 9.17) is 9.47 Å². The first-order valence-electron chi connectivity index (χ1n) is 10.9. The Morgan fingerprint density at radius 2 is 1.63 bits per heavy atom. The lowest BCUT2D eigenvalue weighted by Crippen LogP contribution is -2.43. The molecule has 0 bridgehead atoms. The predicted molar refractivity (Wildman–Crippen MR) is 120 cm³/mol. The van der Waals surface area contributed by atoms with Crippen molar-refractivity contribution in [2.24, 2.45) is 0 Å². The Morgan fingerprint density at radius 3 is 2.23 bits per heavy atom. The third-order valence-corrected chi connectivity index (χ3v) is 5.68. The third-order valence-electron chi connectivity index (χ3n) is 5.68. The van der Waals surface area contributed by atoms with Crippen LogP contribution in [0, 0.1) is 13.8 Å².